The Bertz CT molecular complexity index is 681. The van der Waals surface area contributed by atoms with Crippen LogP contribution in [0.15, 0.2) is 42.5 Å². The molecule has 1 unspecified atom stereocenters. The van der Waals surface area contributed by atoms with E-state index in [0.717, 1.165) is 36.1 Å². The summed E-state index contributed by atoms with van der Waals surface area (Å²) in [5.41, 5.74) is 5.78. The third-order valence-corrected chi connectivity index (χ3v) is 4.93. The molecule has 1 aliphatic heterocycles. The van der Waals surface area contributed by atoms with Gasteiger partial charge < -0.3 is 5.32 Å². The molecule has 0 aromatic heterocycles. The predicted octanol–water partition coefficient (Wildman–Crippen LogP) is 3.96. The fourth-order valence-corrected chi connectivity index (χ4v) is 3.41. The lowest BCUT2D eigenvalue weighted by Crippen LogP contribution is -2.31. The molecule has 3 heteroatoms. The molecule has 1 heterocycles. The zero-order chi connectivity index (χ0) is 14.8. The summed E-state index contributed by atoms with van der Waals surface area (Å²) >= 11 is 3.77. The summed E-state index contributed by atoms with van der Waals surface area (Å²) in [5.74, 6) is 0.0497. The Labute approximate surface area is 133 Å². The number of halogens is 1. The molecule has 0 radical (unpaired) electrons. The molecule has 2 aromatic rings. The SMILES string of the molecule is Cc1ccccc1CC(Br)c1ccc2c(c1)C(=O)NCC2. The first-order valence-electron chi connectivity index (χ1n) is 7.25. The smallest absolute Gasteiger partial charge is 0.251 e. The lowest BCUT2D eigenvalue weighted by Gasteiger charge is -2.19. The second kappa shape index (κ2) is 6.02. The fraction of sp³-hybridized carbons (Fsp3) is 0.278. The first-order valence-corrected chi connectivity index (χ1v) is 8.16. The summed E-state index contributed by atoms with van der Waals surface area (Å²) in [6, 6.07) is 14.7. The summed E-state index contributed by atoms with van der Waals surface area (Å²) in [7, 11) is 0. The molecule has 2 nitrogen and oxygen atoms in total. The highest BCUT2D eigenvalue weighted by Gasteiger charge is 2.19. The quantitative estimate of drug-likeness (QED) is 0.839. The highest BCUT2D eigenvalue weighted by atomic mass is 79.9. The number of hydrogen-bond donors (Lipinski definition) is 1. The van der Waals surface area contributed by atoms with Crippen molar-refractivity contribution < 1.29 is 4.79 Å². The highest BCUT2D eigenvalue weighted by molar-refractivity contribution is 9.09. The van der Waals surface area contributed by atoms with E-state index in [1.165, 1.54) is 11.1 Å². The van der Waals surface area contributed by atoms with Crippen LogP contribution >= 0.6 is 15.9 Å². The molecule has 1 aliphatic rings. The maximum Gasteiger partial charge on any atom is 0.251 e. The van der Waals surface area contributed by atoms with Crippen LogP contribution in [0.5, 0.6) is 0 Å². The molecule has 3 rings (SSSR count). The van der Waals surface area contributed by atoms with Crippen molar-refractivity contribution in [2.45, 2.75) is 24.6 Å². The molecule has 21 heavy (non-hydrogen) atoms. The Morgan fingerprint density at radius 2 is 2.05 bits per heavy atom. The molecular weight excluding hydrogens is 326 g/mol. The van der Waals surface area contributed by atoms with Gasteiger partial charge in [-0.2, -0.15) is 0 Å². The zero-order valence-electron chi connectivity index (χ0n) is 12.0. The van der Waals surface area contributed by atoms with E-state index in [0.29, 0.717) is 0 Å². The van der Waals surface area contributed by atoms with Gasteiger partial charge in [0, 0.05) is 16.9 Å². The normalized spacial score (nSPS) is 15.2. The molecule has 1 atom stereocenters. The van der Waals surface area contributed by atoms with Crippen molar-refractivity contribution in [1.82, 2.24) is 5.32 Å². The molecule has 0 fully saturated rings. The molecule has 0 bridgehead atoms. The van der Waals surface area contributed by atoms with Gasteiger partial charge in [0.15, 0.2) is 0 Å². The van der Waals surface area contributed by atoms with E-state index >= 15 is 0 Å². The number of fused-ring (bicyclic) bond motifs is 1. The van der Waals surface area contributed by atoms with Gasteiger partial charge >= 0.3 is 0 Å². The number of alkyl halides is 1. The number of aryl methyl sites for hydroxylation is 1. The number of nitrogens with one attached hydrogen (secondary N) is 1. The van der Waals surface area contributed by atoms with Gasteiger partial charge in [-0.3, -0.25) is 4.79 Å². The van der Waals surface area contributed by atoms with Gasteiger partial charge in [0.05, 0.1) is 0 Å². The topological polar surface area (TPSA) is 29.1 Å². The number of carbonyl (C=O) groups excluding carboxylic acids is 1. The van der Waals surface area contributed by atoms with Crippen LogP contribution < -0.4 is 5.32 Å². The van der Waals surface area contributed by atoms with E-state index in [-0.39, 0.29) is 10.7 Å². The largest absolute Gasteiger partial charge is 0.352 e. The van der Waals surface area contributed by atoms with E-state index in [1.54, 1.807) is 0 Å². The highest BCUT2D eigenvalue weighted by Crippen LogP contribution is 2.30. The first kappa shape index (κ1) is 14.3. The summed E-state index contributed by atoms with van der Waals surface area (Å²) in [6.07, 6.45) is 1.85. The Hall–Kier alpha value is -1.61. The van der Waals surface area contributed by atoms with Crippen molar-refractivity contribution in [2.75, 3.05) is 6.54 Å². The van der Waals surface area contributed by atoms with E-state index in [2.05, 4.69) is 64.6 Å². The molecule has 0 aliphatic carbocycles. The zero-order valence-corrected chi connectivity index (χ0v) is 13.6. The van der Waals surface area contributed by atoms with Gasteiger partial charge in [-0.25, -0.2) is 0 Å². The van der Waals surface area contributed by atoms with E-state index in [1.807, 2.05) is 6.07 Å². The second-order valence-electron chi connectivity index (χ2n) is 5.52. The van der Waals surface area contributed by atoms with Crippen molar-refractivity contribution in [3.05, 3.63) is 70.3 Å². The fourth-order valence-electron chi connectivity index (χ4n) is 2.77. The average Bonchev–Trinajstić information content (AvgIpc) is 2.50. The lowest BCUT2D eigenvalue weighted by atomic mass is 9.94. The van der Waals surface area contributed by atoms with Gasteiger partial charge in [-0.1, -0.05) is 52.3 Å². The van der Waals surface area contributed by atoms with Crippen LogP contribution in [0.3, 0.4) is 0 Å². The Kier molecular flexibility index (Phi) is 4.11. The van der Waals surface area contributed by atoms with E-state index < -0.39 is 0 Å². The Morgan fingerprint density at radius 1 is 1.24 bits per heavy atom. The maximum atomic E-state index is 11.9. The number of benzene rings is 2. The number of hydrogen-bond acceptors (Lipinski definition) is 1. The number of amides is 1. The van der Waals surface area contributed by atoms with Crippen molar-refractivity contribution in [3.63, 3.8) is 0 Å². The number of rotatable bonds is 3. The Morgan fingerprint density at radius 3 is 2.86 bits per heavy atom. The van der Waals surface area contributed by atoms with Gasteiger partial charge in [0.2, 0.25) is 0 Å². The predicted molar refractivity (Wildman–Crippen MR) is 89.0 cm³/mol. The van der Waals surface area contributed by atoms with E-state index in [9.17, 15) is 4.79 Å². The van der Waals surface area contributed by atoms with Crippen LogP contribution in [-0.4, -0.2) is 12.5 Å². The number of carbonyl (C=O) groups is 1. The van der Waals surface area contributed by atoms with Crippen LogP contribution in [0.2, 0.25) is 0 Å². The molecule has 0 saturated heterocycles. The molecule has 1 amide bonds. The van der Waals surface area contributed by atoms with Crippen LogP contribution in [-0.2, 0) is 12.8 Å². The monoisotopic (exact) mass is 343 g/mol. The van der Waals surface area contributed by atoms with Crippen LogP contribution in [0.4, 0.5) is 0 Å². The minimum atomic E-state index is 0.0497. The average molecular weight is 344 g/mol. The van der Waals surface area contributed by atoms with Crippen molar-refractivity contribution >= 4 is 21.8 Å². The summed E-state index contributed by atoms with van der Waals surface area (Å²) in [6.45, 7) is 2.88. The van der Waals surface area contributed by atoms with Crippen molar-refractivity contribution in [3.8, 4) is 0 Å². The van der Waals surface area contributed by atoms with Gasteiger partial charge in [0.1, 0.15) is 0 Å². The van der Waals surface area contributed by atoms with Crippen LogP contribution in [0.1, 0.15) is 37.4 Å². The van der Waals surface area contributed by atoms with Crippen LogP contribution in [0, 0.1) is 6.92 Å². The van der Waals surface area contributed by atoms with Crippen LogP contribution in [0.25, 0.3) is 0 Å². The summed E-state index contributed by atoms with van der Waals surface area (Å²) < 4.78 is 0. The molecule has 0 saturated carbocycles. The summed E-state index contributed by atoms with van der Waals surface area (Å²) in [4.78, 5) is 12.2. The second-order valence-corrected chi connectivity index (χ2v) is 6.63. The van der Waals surface area contributed by atoms with E-state index in [4.69, 9.17) is 0 Å². The molecule has 108 valence electrons. The van der Waals surface area contributed by atoms with Crippen molar-refractivity contribution in [2.24, 2.45) is 0 Å². The Balaban J connectivity index is 1.85. The van der Waals surface area contributed by atoms with Gasteiger partial charge in [-0.15, -0.1) is 0 Å². The minimum absolute atomic E-state index is 0.0497. The standard InChI is InChI=1S/C18H18BrNO/c1-12-4-2-3-5-14(12)11-17(19)15-7-6-13-8-9-20-18(21)16(13)10-15/h2-7,10,17H,8-9,11H2,1H3,(H,20,21). The lowest BCUT2D eigenvalue weighted by molar-refractivity contribution is 0.0946. The van der Waals surface area contributed by atoms with Crippen molar-refractivity contribution in [1.29, 1.82) is 0 Å². The summed E-state index contributed by atoms with van der Waals surface area (Å²) in [5, 5.41) is 2.91. The third kappa shape index (κ3) is 3.03. The molecule has 2 aromatic carbocycles. The molecular formula is C18H18BrNO. The minimum Gasteiger partial charge on any atom is -0.352 e. The molecule has 0 spiro atoms. The third-order valence-electron chi connectivity index (χ3n) is 4.08. The molecule has 1 N–H and O–H groups in total. The van der Waals surface area contributed by atoms with Gasteiger partial charge in [-0.05, 0) is 48.1 Å². The first-order chi connectivity index (χ1) is 10.1. The van der Waals surface area contributed by atoms with Gasteiger partial charge in [0.25, 0.3) is 5.91 Å². The maximum absolute atomic E-state index is 11.9.